The number of imidazole rings is 2. The molecule has 4 aromatic heterocycles. The minimum atomic E-state index is -4.91. The van der Waals surface area contributed by atoms with Crippen LogP contribution in [0.15, 0.2) is 72.9 Å². The number of anilines is 2. The number of hydrogen-bond donors (Lipinski definition) is 10. The standard InChI is InChI=1S/C43H44N12O18S2/c44-34-28-37(47-16-46-34)54(17-48-28)39-33(61)31(59)26(72-39)15-70-75(68,69)53-27(57)10-9-24(56)22-13-19(7-8-20(22)41(62)63)36-51-35(45)29-38(52-36)55(18-49-29)40-32(60)30(58)25(71-40)14-50-74(66,67)12-4-3-11-43(65)23-6-2-1-5-21(23)42(64)73-43/h1-2,4-8,12-13,16-18,25-26,30-33,39-40,50,58-61,65H,3,9-11,14-15H2,(H,53,57)(H,62,63)(H2,44,46,47)(H2,45,51,52)/b12-4+/t25-,26-,30-,31-,32-,33-,39-,40-,43?/m1/s1. The number of ether oxygens (including phenoxy) is 3. The number of benzene rings is 2. The number of allylic oxidation sites excluding steroid dienone is 1. The molecule has 1 amide bonds. The molecule has 2 fully saturated rings. The minimum absolute atomic E-state index is 0.0133. The maximum Gasteiger partial charge on any atom is 0.362 e. The van der Waals surface area contributed by atoms with Gasteiger partial charge in [0.2, 0.25) is 21.7 Å². The molecule has 3 aliphatic heterocycles. The number of Topliss-reactive ketones (excluding diaryl/α,β-unsaturated/α-hetero) is 1. The van der Waals surface area contributed by atoms with Gasteiger partial charge in [-0.2, -0.15) is 8.42 Å². The highest BCUT2D eigenvalue weighted by atomic mass is 32.2. The van der Waals surface area contributed by atoms with Crippen molar-refractivity contribution >= 4 is 77.9 Å². The number of hydrogen-bond acceptors (Lipinski definition) is 25. The molecule has 0 saturated carbocycles. The second kappa shape index (κ2) is 20.3. The first-order chi connectivity index (χ1) is 35.5. The number of aliphatic hydroxyl groups is 5. The highest BCUT2D eigenvalue weighted by Crippen LogP contribution is 2.38. The topological polar surface area (TPSA) is 458 Å². The zero-order valence-electron chi connectivity index (χ0n) is 38.4. The van der Waals surface area contributed by atoms with E-state index in [1.165, 1.54) is 39.7 Å². The highest BCUT2D eigenvalue weighted by molar-refractivity contribution is 7.92. The number of ketones is 1. The molecular weight excluding hydrogens is 1040 g/mol. The van der Waals surface area contributed by atoms with Gasteiger partial charge in [-0.1, -0.05) is 30.3 Å². The van der Waals surface area contributed by atoms with Crippen molar-refractivity contribution in [1.29, 1.82) is 0 Å². The number of sulfonamides is 1. The van der Waals surface area contributed by atoms with Gasteiger partial charge in [0.1, 0.15) is 54.0 Å². The van der Waals surface area contributed by atoms with E-state index in [2.05, 4.69) is 34.6 Å². The molecule has 2 saturated heterocycles. The van der Waals surface area contributed by atoms with Crippen molar-refractivity contribution in [3.63, 3.8) is 0 Å². The Hall–Kier alpha value is -7.50. The fraction of sp³-hybridized carbons (Fsp3) is 0.349. The maximum atomic E-state index is 13.5. The summed E-state index contributed by atoms with van der Waals surface area (Å²) in [7, 11) is -9.10. The number of cyclic esters (lactones) is 1. The van der Waals surface area contributed by atoms with Gasteiger partial charge in [-0.15, -0.1) is 0 Å². The summed E-state index contributed by atoms with van der Waals surface area (Å²) in [6.07, 6.45) is -9.14. The first kappa shape index (κ1) is 52.4. The number of aromatic nitrogens is 8. The molecule has 396 valence electrons. The zero-order chi connectivity index (χ0) is 53.7. The molecule has 0 bridgehead atoms. The van der Waals surface area contributed by atoms with Gasteiger partial charge >= 0.3 is 22.2 Å². The number of amides is 1. The van der Waals surface area contributed by atoms with E-state index in [4.69, 9.17) is 29.9 Å². The van der Waals surface area contributed by atoms with E-state index in [1.807, 2.05) is 0 Å². The number of aliphatic hydroxyl groups excluding tert-OH is 4. The zero-order valence-corrected chi connectivity index (χ0v) is 40.1. The van der Waals surface area contributed by atoms with Gasteiger partial charge in [-0.25, -0.2) is 57.4 Å². The molecule has 0 spiro atoms. The number of esters is 1. The molecule has 1 unspecified atom stereocenters. The van der Waals surface area contributed by atoms with Crippen LogP contribution in [0.3, 0.4) is 0 Å². The fourth-order valence-electron chi connectivity index (χ4n) is 8.54. The van der Waals surface area contributed by atoms with Crippen LogP contribution in [-0.2, 0) is 49.3 Å². The molecule has 9 rings (SSSR count). The Balaban J connectivity index is 0.817. The van der Waals surface area contributed by atoms with Crippen LogP contribution in [0.4, 0.5) is 11.6 Å². The second-order valence-electron chi connectivity index (χ2n) is 17.2. The third kappa shape index (κ3) is 10.5. The minimum Gasteiger partial charge on any atom is -0.478 e. The summed E-state index contributed by atoms with van der Waals surface area (Å²) in [6.45, 7) is -1.42. The second-order valence-corrected chi connectivity index (χ2v) is 20.2. The van der Waals surface area contributed by atoms with Gasteiger partial charge < -0.3 is 56.3 Å². The summed E-state index contributed by atoms with van der Waals surface area (Å²) < 4.78 is 79.0. The third-order valence-electron chi connectivity index (χ3n) is 12.3. The lowest BCUT2D eigenvalue weighted by molar-refractivity contribution is -0.166. The smallest absolute Gasteiger partial charge is 0.362 e. The SMILES string of the molecule is Nc1ncnc2c1ncn2[C@@H]1O[C@H](COS(=O)(=O)NC(=O)CCC(=O)c2cc(-c3nc(N)c4ncn([C@@H]5O[C@H](CNS(=O)(=O)/C=C/CCC6(O)OC(=O)c7ccccc76)[C@@H](O)[C@H]5O)c4n3)ccc2C(=O)O)[C@@H](O)[C@H]1O. The van der Waals surface area contributed by atoms with E-state index in [0.717, 1.165) is 30.2 Å². The summed E-state index contributed by atoms with van der Waals surface area (Å²) in [4.78, 5) is 75.5. The first-order valence-electron chi connectivity index (χ1n) is 22.3. The van der Waals surface area contributed by atoms with E-state index in [0.29, 0.717) is 0 Å². The molecule has 75 heavy (non-hydrogen) atoms. The molecule has 3 aliphatic rings. The van der Waals surface area contributed by atoms with E-state index in [-0.39, 0.29) is 69.3 Å². The summed E-state index contributed by atoms with van der Waals surface area (Å²) >= 11 is 0. The summed E-state index contributed by atoms with van der Waals surface area (Å²) in [5, 5.41) is 64.9. The van der Waals surface area contributed by atoms with Crippen molar-refractivity contribution < 1.29 is 85.0 Å². The molecule has 32 heteroatoms. The molecule has 0 radical (unpaired) electrons. The number of nitrogens with two attached hydrogens (primary N) is 2. The maximum absolute atomic E-state index is 13.5. The van der Waals surface area contributed by atoms with Crippen molar-refractivity contribution in [3.8, 4) is 11.4 Å². The molecule has 12 N–H and O–H groups in total. The largest absolute Gasteiger partial charge is 0.478 e. The Labute approximate surface area is 421 Å². The summed E-state index contributed by atoms with van der Waals surface area (Å²) in [5.41, 5.74) is 11.8. The first-order valence-corrected chi connectivity index (χ1v) is 25.3. The van der Waals surface area contributed by atoms with Crippen LogP contribution < -0.4 is 20.9 Å². The molecular formula is C43H44N12O18S2. The number of rotatable bonds is 19. The van der Waals surface area contributed by atoms with Gasteiger partial charge in [0.05, 0.1) is 30.4 Å². The Morgan fingerprint density at radius 2 is 1.48 bits per heavy atom. The Bertz CT molecular complexity index is 3520. The number of carboxylic acids is 1. The quantitative estimate of drug-likeness (QED) is 0.0310. The van der Waals surface area contributed by atoms with E-state index in [1.54, 1.807) is 16.9 Å². The molecule has 0 aliphatic carbocycles. The number of fused-ring (bicyclic) bond motifs is 3. The van der Waals surface area contributed by atoms with E-state index in [9.17, 15) is 66.7 Å². The van der Waals surface area contributed by atoms with Crippen LogP contribution in [0.2, 0.25) is 0 Å². The fourth-order valence-corrected chi connectivity index (χ4v) is 10.2. The average Bonchev–Trinajstić information content (AvgIpc) is 4.18. The monoisotopic (exact) mass is 1080 g/mol. The van der Waals surface area contributed by atoms with Crippen molar-refractivity contribution in [1.82, 2.24) is 48.5 Å². The molecule has 30 nitrogen and oxygen atoms in total. The number of nitrogens with one attached hydrogen (secondary N) is 2. The van der Waals surface area contributed by atoms with Crippen LogP contribution in [0.5, 0.6) is 0 Å². The van der Waals surface area contributed by atoms with Crippen molar-refractivity contribution in [2.75, 3.05) is 24.6 Å². The highest BCUT2D eigenvalue weighted by Gasteiger charge is 2.47. The predicted octanol–water partition coefficient (Wildman–Crippen LogP) is -2.00. The van der Waals surface area contributed by atoms with Crippen LogP contribution >= 0.6 is 0 Å². The number of aromatic carboxylic acids is 1. The van der Waals surface area contributed by atoms with Crippen LogP contribution in [0, 0.1) is 0 Å². The average molecular weight is 1080 g/mol. The third-order valence-corrected chi connectivity index (χ3v) is 14.4. The van der Waals surface area contributed by atoms with Crippen molar-refractivity contribution in [3.05, 3.63) is 95.2 Å². The Kier molecular flexibility index (Phi) is 14.2. The van der Waals surface area contributed by atoms with Crippen LogP contribution in [-0.4, -0.2) is 160 Å². The number of nitrogens with zero attached hydrogens (tertiary/aromatic N) is 8. The van der Waals surface area contributed by atoms with Gasteiger partial charge in [0.25, 0.3) is 0 Å². The van der Waals surface area contributed by atoms with Gasteiger partial charge in [0.15, 0.2) is 47.0 Å². The molecule has 9 atom stereocenters. The molecule has 6 aromatic rings. The molecule has 2 aromatic carbocycles. The number of carboxylic acid groups (broad SMARTS) is 1. The van der Waals surface area contributed by atoms with Crippen LogP contribution in [0.1, 0.15) is 74.8 Å². The van der Waals surface area contributed by atoms with Crippen LogP contribution in [0.25, 0.3) is 33.7 Å². The number of carbonyl (C=O) groups is 4. The van der Waals surface area contributed by atoms with Crippen molar-refractivity contribution in [2.24, 2.45) is 0 Å². The molecule has 7 heterocycles. The number of nitrogen functional groups attached to an aromatic ring is 2. The lowest BCUT2D eigenvalue weighted by Gasteiger charge is -2.21. The predicted molar refractivity (Wildman–Crippen MR) is 251 cm³/mol. The lowest BCUT2D eigenvalue weighted by Crippen LogP contribution is -2.39. The lowest BCUT2D eigenvalue weighted by atomic mass is 9.97. The Morgan fingerprint density at radius 1 is 0.813 bits per heavy atom. The number of carbonyl (C=O) groups excluding carboxylic acids is 3. The van der Waals surface area contributed by atoms with Gasteiger partial charge in [-0.05, 0) is 24.6 Å². The summed E-state index contributed by atoms with van der Waals surface area (Å²) in [5.74, 6) is -6.79. The Morgan fingerprint density at radius 3 is 2.20 bits per heavy atom. The summed E-state index contributed by atoms with van der Waals surface area (Å²) in [6, 6.07) is 9.64. The van der Waals surface area contributed by atoms with Crippen molar-refractivity contribution in [2.45, 2.75) is 80.5 Å². The normalized spacial score (nSPS) is 24.8. The van der Waals surface area contributed by atoms with E-state index >= 15 is 0 Å². The van der Waals surface area contributed by atoms with Gasteiger partial charge in [0, 0.05) is 47.9 Å². The van der Waals surface area contributed by atoms with E-state index < -0.39 is 136 Å². The van der Waals surface area contributed by atoms with Gasteiger partial charge in [-0.3, -0.25) is 22.9 Å².